The third-order valence-electron chi connectivity index (χ3n) is 4.98. The largest absolute Gasteiger partial charge is 0.482 e. The molecule has 0 fully saturated rings. The van der Waals surface area contributed by atoms with Gasteiger partial charge in [0.25, 0.3) is 5.91 Å². The number of ether oxygens (including phenoxy) is 1. The summed E-state index contributed by atoms with van der Waals surface area (Å²) in [6.45, 7) is 2.19. The van der Waals surface area contributed by atoms with E-state index in [0.29, 0.717) is 28.8 Å². The molecule has 4 rings (SSSR count). The molecular formula is C20H23ClN6O2. The summed E-state index contributed by atoms with van der Waals surface area (Å²) in [5, 5.41) is 3.57. The van der Waals surface area contributed by atoms with Gasteiger partial charge in [-0.3, -0.25) is 4.79 Å². The first-order chi connectivity index (χ1) is 14.0. The SMILES string of the molecule is CN1CCCN(C)C(=O)COc2cc(ccc2Cl)/N=C2/N=CNc3[nH]cc(c32)C1. The van der Waals surface area contributed by atoms with E-state index < -0.39 is 0 Å². The number of carbonyl (C=O) groups excluding carboxylic acids is 1. The van der Waals surface area contributed by atoms with Gasteiger partial charge >= 0.3 is 0 Å². The molecule has 3 heterocycles. The number of rotatable bonds is 0. The Balaban J connectivity index is 1.74. The van der Waals surface area contributed by atoms with Crippen LogP contribution >= 0.6 is 11.6 Å². The number of amidine groups is 1. The van der Waals surface area contributed by atoms with Crippen molar-refractivity contribution in [3.8, 4) is 5.75 Å². The number of anilines is 1. The van der Waals surface area contributed by atoms with Crippen LogP contribution in [0, 0.1) is 0 Å². The highest BCUT2D eigenvalue weighted by Gasteiger charge is 2.21. The Morgan fingerprint density at radius 2 is 2.10 bits per heavy atom. The van der Waals surface area contributed by atoms with Crippen LogP contribution in [0.2, 0.25) is 5.02 Å². The van der Waals surface area contributed by atoms with E-state index in [1.54, 1.807) is 36.5 Å². The van der Waals surface area contributed by atoms with E-state index in [1.807, 2.05) is 6.20 Å². The number of carbonyl (C=O) groups is 1. The summed E-state index contributed by atoms with van der Waals surface area (Å²) < 4.78 is 5.68. The van der Waals surface area contributed by atoms with Gasteiger partial charge in [0.1, 0.15) is 11.6 Å². The fourth-order valence-corrected chi connectivity index (χ4v) is 3.55. The van der Waals surface area contributed by atoms with Gasteiger partial charge in [-0.1, -0.05) is 11.6 Å². The highest BCUT2D eigenvalue weighted by Crippen LogP contribution is 2.31. The standard InChI is InChI=1S/C20H23ClN6O2/c1-26-6-3-7-27(2)17(28)11-29-16-8-14(4-5-15(16)21)25-20-18-13(10-26)9-22-19(18)23-12-24-20/h4-5,8-9,12H,3,6-7,10-11H2,1-2H3,(H2,22,23,24,25). The van der Waals surface area contributed by atoms with Crippen molar-refractivity contribution < 1.29 is 9.53 Å². The number of likely N-dealkylation sites (N-methyl/N-ethyl adjacent to an activating group) is 1. The summed E-state index contributed by atoms with van der Waals surface area (Å²) in [4.78, 5) is 28.7. The van der Waals surface area contributed by atoms with E-state index in [1.165, 1.54) is 0 Å². The molecule has 0 atom stereocenters. The lowest BCUT2D eigenvalue weighted by Crippen LogP contribution is -2.34. The zero-order chi connectivity index (χ0) is 20.4. The smallest absolute Gasteiger partial charge is 0.260 e. The Bertz CT molecular complexity index is 983. The maximum absolute atomic E-state index is 12.4. The maximum Gasteiger partial charge on any atom is 0.260 e. The van der Waals surface area contributed by atoms with Crippen molar-refractivity contribution >= 4 is 41.2 Å². The number of fused-ring (bicyclic) bond motifs is 2. The normalized spacial score (nSPS) is 19.8. The molecule has 2 N–H and O–H groups in total. The van der Waals surface area contributed by atoms with Crippen LogP contribution < -0.4 is 10.1 Å². The first kappa shape index (κ1) is 19.5. The minimum absolute atomic E-state index is 0.0692. The topological polar surface area (TPSA) is 85.3 Å². The molecule has 0 radical (unpaired) electrons. The van der Waals surface area contributed by atoms with Crippen LogP contribution in [0.15, 0.2) is 34.4 Å². The van der Waals surface area contributed by atoms with Gasteiger partial charge in [0.15, 0.2) is 12.4 Å². The summed E-state index contributed by atoms with van der Waals surface area (Å²) in [5.74, 6) is 1.82. The molecule has 1 aromatic carbocycles. The molecule has 2 aromatic rings. The number of aliphatic imine (C=N–C) groups is 2. The number of aromatic nitrogens is 1. The molecule has 2 aliphatic heterocycles. The Morgan fingerprint density at radius 1 is 1.24 bits per heavy atom. The predicted octanol–water partition coefficient (Wildman–Crippen LogP) is 2.87. The van der Waals surface area contributed by atoms with Gasteiger partial charge < -0.3 is 24.8 Å². The number of hydrogen-bond donors (Lipinski definition) is 2. The van der Waals surface area contributed by atoms with Gasteiger partial charge in [-0.25, -0.2) is 9.98 Å². The summed E-state index contributed by atoms with van der Waals surface area (Å²) in [7, 11) is 3.85. The number of halogens is 1. The quantitative estimate of drug-likeness (QED) is 0.694. The number of amides is 1. The summed E-state index contributed by atoms with van der Waals surface area (Å²) >= 11 is 6.25. The third kappa shape index (κ3) is 4.28. The molecule has 1 amide bonds. The predicted molar refractivity (Wildman–Crippen MR) is 115 cm³/mol. The van der Waals surface area contributed by atoms with Crippen molar-refractivity contribution in [2.24, 2.45) is 9.98 Å². The van der Waals surface area contributed by atoms with Crippen molar-refractivity contribution in [3.63, 3.8) is 0 Å². The Labute approximate surface area is 174 Å². The van der Waals surface area contributed by atoms with Crippen molar-refractivity contribution in [1.82, 2.24) is 14.8 Å². The van der Waals surface area contributed by atoms with Crippen molar-refractivity contribution in [1.29, 1.82) is 0 Å². The second kappa shape index (κ2) is 8.26. The molecule has 1 aromatic heterocycles. The first-order valence-electron chi connectivity index (χ1n) is 9.44. The molecule has 8 nitrogen and oxygen atoms in total. The Hall–Kier alpha value is -2.84. The van der Waals surface area contributed by atoms with Crippen LogP contribution in [0.25, 0.3) is 0 Å². The molecule has 0 aliphatic carbocycles. The fourth-order valence-electron chi connectivity index (χ4n) is 3.38. The molecule has 0 saturated carbocycles. The lowest BCUT2D eigenvalue weighted by atomic mass is 10.1. The molecule has 2 bridgehead atoms. The first-order valence-corrected chi connectivity index (χ1v) is 9.82. The van der Waals surface area contributed by atoms with E-state index in [-0.39, 0.29) is 12.5 Å². The molecule has 9 heteroatoms. The van der Waals surface area contributed by atoms with Crippen LogP contribution in [-0.2, 0) is 11.3 Å². The average molecular weight is 415 g/mol. The number of nitrogens with zero attached hydrogens (tertiary/aromatic N) is 4. The van der Waals surface area contributed by atoms with E-state index in [9.17, 15) is 4.79 Å². The molecule has 0 unspecified atom stereocenters. The zero-order valence-electron chi connectivity index (χ0n) is 16.4. The minimum atomic E-state index is -0.0898. The fraction of sp³-hybridized carbons (Fsp3) is 0.350. The van der Waals surface area contributed by atoms with E-state index in [4.69, 9.17) is 21.3 Å². The molecule has 0 saturated heterocycles. The van der Waals surface area contributed by atoms with Gasteiger partial charge in [-0.05, 0) is 37.7 Å². The summed E-state index contributed by atoms with van der Waals surface area (Å²) in [5.41, 5.74) is 2.71. The molecule has 2 aliphatic rings. The Morgan fingerprint density at radius 3 is 2.97 bits per heavy atom. The number of aromatic amines is 1. The highest BCUT2D eigenvalue weighted by atomic mass is 35.5. The van der Waals surface area contributed by atoms with Crippen LogP contribution in [0.5, 0.6) is 5.75 Å². The van der Waals surface area contributed by atoms with E-state index >= 15 is 0 Å². The van der Waals surface area contributed by atoms with E-state index in [2.05, 4.69) is 27.2 Å². The molecule has 152 valence electrons. The number of nitrogens with one attached hydrogen (secondary N) is 2. The van der Waals surface area contributed by atoms with Crippen LogP contribution in [0.3, 0.4) is 0 Å². The maximum atomic E-state index is 12.4. The van der Waals surface area contributed by atoms with E-state index in [0.717, 1.165) is 36.5 Å². The average Bonchev–Trinajstić information content (AvgIpc) is 3.11. The number of hydrogen-bond acceptors (Lipinski definition) is 6. The molecular weight excluding hydrogens is 392 g/mol. The Kier molecular flexibility index (Phi) is 5.55. The van der Waals surface area contributed by atoms with Gasteiger partial charge in [0, 0.05) is 32.4 Å². The van der Waals surface area contributed by atoms with Crippen LogP contribution in [0.4, 0.5) is 11.5 Å². The lowest BCUT2D eigenvalue weighted by molar-refractivity contribution is -0.132. The number of benzene rings is 1. The van der Waals surface area contributed by atoms with Crippen LogP contribution in [0.1, 0.15) is 17.5 Å². The monoisotopic (exact) mass is 414 g/mol. The van der Waals surface area contributed by atoms with Gasteiger partial charge in [0.2, 0.25) is 0 Å². The van der Waals surface area contributed by atoms with Crippen LogP contribution in [-0.4, -0.2) is 66.7 Å². The second-order valence-corrected chi connectivity index (χ2v) is 7.62. The van der Waals surface area contributed by atoms with Gasteiger partial charge in [0.05, 0.1) is 22.6 Å². The summed E-state index contributed by atoms with van der Waals surface area (Å²) in [6, 6.07) is 5.24. The van der Waals surface area contributed by atoms with Crippen molar-refractivity contribution in [2.45, 2.75) is 13.0 Å². The third-order valence-corrected chi connectivity index (χ3v) is 5.29. The van der Waals surface area contributed by atoms with Gasteiger partial charge in [-0.15, -0.1) is 0 Å². The minimum Gasteiger partial charge on any atom is -0.482 e. The zero-order valence-corrected chi connectivity index (χ0v) is 17.2. The highest BCUT2D eigenvalue weighted by molar-refractivity contribution is 6.32. The van der Waals surface area contributed by atoms with Gasteiger partial charge in [-0.2, -0.15) is 0 Å². The molecule has 29 heavy (non-hydrogen) atoms. The van der Waals surface area contributed by atoms with Crippen molar-refractivity contribution in [2.75, 3.05) is 39.1 Å². The summed E-state index contributed by atoms with van der Waals surface area (Å²) in [6.07, 6.45) is 4.46. The van der Waals surface area contributed by atoms with Crippen molar-refractivity contribution in [3.05, 3.63) is 40.5 Å². The second-order valence-electron chi connectivity index (χ2n) is 7.21. The lowest BCUT2D eigenvalue weighted by Gasteiger charge is -2.21. The molecule has 0 spiro atoms. The number of H-pyrrole nitrogens is 1.